The Hall–Kier alpha value is -1.44. The standard InChI is InChI=1S/C12H15NO2/c1-10-5-4-6-11(7-10)12(2,15-3)8-13-9-14/h4-7H,8H2,1-3H3. The predicted octanol–water partition coefficient (Wildman–Crippen LogP) is 2.19. The van der Waals surface area contributed by atoms with Crippen molar-refractivity contribution in [2.45, 2.75) is 19.4 Å². The smallest absolute Gasteiger partial charge is 0.235 e. The SMILES string of the molecule is COC(C)(CN=C=O)c1cccc(C)c1. The minimum atomic E-state index is -0.552. The number of carbonyl (C=O) groups excluding carboxylic acids is 1. The number of aliphatic imine (C=N–C) groups is 1. The Labute approximate surface area is 89.8 Å². The van der Waals surface area contributed by atoms with Gasteiger partial charge in [0.05, 0.1) is 6.54 Å². The third-order valence-electron chi connectivity index (χ3n) is 2.52. The second-order valence-corrected chi connectivity index (χ2v) is 3.71. The van der Waals surface area contributed by atoms with Crippen LogP contribution in [0.4, 0.5) is 0 Å². The quantitative estimate of drug-likeness (QED) is 0.558. The van der Waals surface area contributed by atoms with Crippen LogP contribution in [0, 0.1) is 6.92 Å². The van der Waals surface area contributed by atoms with E-state index in [-0.39, 0.29) is 6.54 Å². The minimum Gasteiger partial charge on any atom is -0.372 e. The molecule has 0 bridgehead atoms. The first kappa shape index (κ1) is 11.6. The van der Waals surface area contributed by atoms with Crippen molar-refractivity contribution in [2.24, 2.45) is 4.99 Å². The molecule has 3 nitrogen and oxygen atoms in total. The molecule has 3 heteroatoms. The van der Waals surface area contributed by atoms with Gasteiger partial charge in [-0.05, 0) is 19.4 Å². The highest BCUT2D eigenvalue weighted by atomic mass is 16.5. The molecule has 1 aromatic carbocycles. The summed E-state index contributed by atoms with van der Waals surface area (Å²) in [4.78, 5) is 13.7. The third kappa shape index (κ3) is 2.75. The van der Waals surface area contributed by atoms with Crippen molar-refractivity contribution in [2.75, 3.05) is 13.7 Å². The molecule has 1 atom stereocenters. The maximum absolute atomic E-state index is 10.1. The Morgan fingerprint density at radius 1 is 1.53 bits per heavy atom. The first-order chi connectivity index (χ1) is 7.12. The highest BCUT2D eigenvalue weighted by Crippen LogP contribution is 2.25. The number of rotatable bonds is 4. The van der Waals surface area contributed by atoms with E-state index in [9.17, 15) is 4.79 Å². The van der Waals surface area contributed by atoms with Crippen LogP contribution < -0.4 is 0 Å². The molecule has 0 radical (unpaired) electrons. The summed E-state index contributed by atoms with van der Waals surface area (Å²) in [6.45, 7) is 4.21. The predicted molar refractivity (Wildman–Crippen MR) is 58.5 cm³/mol. The van der Waals surface area contributed by atoms with Gasteiger partial charge in [-0.25, -0.2) is 9.79 Å². The lowest BCUT2D eigenvalue weighted by Gasteiger charge is -2.26. The van der Waals surface area contributed by atoms with Crippen LogP contribution in [-0.4, -0.2) is 19.7 Å². The molecule has 0 saturated heterocycles. The molecule has 0 aromatic heterocycles. The van der Waals surface area contributed by atoms with Gasteiger partial charge in [-0.2, -0.15) is 0 Å². The summed E-state index contributed by atoms with van der Waals surface area (Å²) in [7, 11) is 1.61. The van der Waals surface area contributed by atoms with Crippen molar-refractivity contribution in [3.05, 3.63) is 35.4 Å². The Kier molecular flexibility index (Phi) is 3.78. The number of ether oxygens (including phenoxy) is 1. The van der Waals surface area contributed by atoms with Gasteiger partial charge in [0.2, 0.25) is 6.08 Å². The topological polar surface area (TPSA) is 38.7 Å². The van der Waals surface area contributed by atoms with Crippen LogP contribution in [-0.2, 0) is 15.1 Å². The van der Waals surface area contributed by atoms with Crippen LogP contribution in [0.1, 0.15) is 18.1 Å². The van der Waals surface area contributed by atoms with Crippen LogP contribution >= 0.6 is 0 Å². The molecule has 0 amide bonds. The maximum Gasteiger partial charge on any atom is 0.235 e. The summed E-state index contributed by atoms with van der Waals surface area (Å²) < 4.78 is 5.41. The van der Waals surface area contributed by atoms with E-state index < -0.39 is 5.60 Å². The Morgan fingerprint density at radius 3 is 2.80 bits per heavy atom. The summed E-state index contributed by atoms with van der Waals surface area (Å²) in [5, 5.41) is 0. The van der Waals surface area contributed by atoms with E-state index in [1.165, 1.54) is 6.08 Å². The molecule has 80 valence electrons. The zero-order chi connectivity index (χ0) is 11.3. The molecule has 0 aliphatic carbocycles. The van der Waals surface area contributed by atoms with E-state index in [0.717, 1.165) is 11.1 Å². The third-order valence-corrected chi connectivity index (χ3v) is 2.52. The first-order valence-corrected chi connectivity index (χ1v) is 4.78. The second kappa shape index (κ2) is 4.87. The Morgan fingerprint density at radius 2 is 2.27 bits per heavy atom. The van der Waals surface area contributed by atoms with Gasteiger partial charge in [-0.1, -0.05) is 29.8 Å². The fourth-order valence-corrected chi connectivity index (χ4v) is 1.43. The molecular formula is C12H15NO2. The van der Waals surface area contributed by atoms with E-state index in [1.807, 2.05) is 38.1 Å². The van der Waals surface area contributed by atoms with Gasteiger partial charge < -0.3 is 4.74 Å². The molecule has 0 aliphatic heterocycles. The van der Waals surface area contributed by atoms with E-state index in [4.69, 9.17) is 4.74 Å². The summed E-state index contributed by atoms with van der Waals surface area (Å²) in [6.07, 6.45) is 1.54. The molecule has 0 heterocycles. The minimum absolute atomic E-state index is 0.288. The normalized spacial score (nSPS) is 14.1. The van der Waals surface area contributed by atoms with Crippen LogP contribution in [0.25, 0.3) is 0 Å². The molecule has 15 heavy (non-hydrogen) atoms. The highest BCUT2D eigenvalue weighted by molar-refractivity contribution is 5.34. The lowest BCUT2D eigenvalue weighted by molar-refractivity contribution is 0.0105. The van der Waals surface area contributed by atoms with Gasteiger partial charge >= 0.3 is 0 Å². The lowest BCUT2D eigenvalue weighted by atomic mass is 9.94. The van der Waals surface area contributed by atoms with Crippen LogP contribution in [0.5, 0.6) is 0 Å². The highest BCUT2D eigenvalue weighted by Gasteiger charge is 2.25. The zero-order valence-corrected chi connectivity index (χ0v) is 9.28. The first-order valence-electron chi connectivity index (χ1n) is 4.78. The van der Waals surface area contributed by atoms with Crippen molar-refractivity contribution >= 4 is 6.08 Å². The number of methoxy groups -OCH3 is 1. The number of hydrogen-bond acceptors (Lipinski definition) is 3. The molecule has 1 rings (SSSR count). The van der Waals surface area contributed by atoms with Crippen molar-refractivity contribution < 1.29 is 9.53 Å². The largest absolute Gasteiger partial charge is 0.372 e. The van der Waals surface area contributed by atoms with E-state index in [1.54, 1.807) is 7.11 Å². The Bertz CT molecular complexity index is 383. The average Bonchev–Trinajstić information content (AvgIpc) is 2.26. The number of nitrogens with zero attached hydrogens (tertiary/aromatic N) is 1. The fourth-order valence-electron chi connectivity index (χ4n) is 1.43. The molecule has 0 aliphatic rings. The van der Waals surface area contributed by atoms with Crippen LogP contribution in [0.3, 0.4) is 0 Å². The number of isocyanates is 1. The van der Waals surface area contributed by atoms with Gasteiger partial charge in [0.25, 0.3) is 0 Å². The number of benzene rings is 1. The van der Waals surface area contributed by atoms with Crippen molar-refractivity contribution in [3.8, 4) is 0 Å². The van der Waals surface area contributed by atoms with Gasteiger partial charge in [0, 0.05) is 7.11 Å². The zero-order valence-electron chi connectivity index (χ0n) is 9.28. The van der Waals surface area contributed by atoms with Gasteiger partial charge in [0.1, 0.15) is 5.60 Å². The summed E-state index contributed by atoms with van der Waals surface area (Å²) >= 11 is 0. The summed E-state index contributed by atoms with van der Waals surface area (Å²) in [6, 6.07) is 7.98. The van der Waals surface area contributed by atoms with E-state index >= 15 is 0 Å². The van der Waals surface area contributed by atoms with Crippen molar-refractivity contribution in [1.29, 1.82) is 0 Å². The summed E-state index contributed by atoms with van der Waals surface area (Å²) in [5.41, 5.74) is 1.62. The number of hydrogen-bond donors (Lipinski definition) is 0. The molecule has 1 unspecified atom stereocenters. The van der Waals surface area contributed by atoms with Gasteiger partial charge in [-0.15, -0.1) is 0 Å². The second-order valence-electron chi connectivity index (χ2n) is 3.71. The average molecular weight is 205 g/mol. The van der Waals surface area contributed by atoms with E-state index in [2.05, 4.69) is 4.99 Å². The van der Waals surface area contributed by atoms with Crippen LogP contribution in [0.2, 0.25) is 0 Å². The van der Waals surface area contributed by atoms with Crippen molar-refractivity contribution in [1.82, 2.24) is 0 Å². The monoisotopic (exact) mass is 205 g/mol. The molecule has 0 N–H and O–H groups in total. The number of aryl methyl sites for hydroxylation is 1. The molecule has 0 saturated carbocycles. The Balaban J connectivity index is 3.04. The molecule has 0 spiro atoms. The maximum atomic E-state index is 10.1. The summed E-state index contributed by atoms with van der Waals surface area (Å²) in [5.74, 6) is 0. The molecule has 0 fully saturated rings. The van der Waals surface area contributed by atoms with Gasteiger partial charge in [0.15, 0.2) is 0 Å². The fraction of sp³-hybridized carbons (Fsp3) is 0.417. The van der Waals surface area contributed by atoms with Crippen LogP contribution in [0.15, 0.2) is 29.3 Å². The van der Waals surface area contributed by atoms with E-state index in [0.29, 0.717) is 0 Å². The molecule has 1 aromatic rings. The van der Waals surface area contributed by atoms with Gasteiger partial charge in [-0.3, -0.25) is 0 Å². The lowest BCUT2D eigenvalue weighted by Crippen LogP contribution is -2.28. The molecular weight excluding hydrogens is 190 g/mol. The van der Waals surface area contributed by atoms with Crippen molar-refractivity contribution in [3.63, 3.8) is 0 Å².